The van der Waals surface area contributed by atoms with Gasteiger partial charge in [-0.2, -0.15) is 8.42 Å². The molecule has 1 aliphatic heterocycles. The Balaban J connectivity index is 2.30. The van der Waals surface area contributed by atoms with Crippen molar-refractivity contribution in [2.24, 2.45) is 0 Å². The molecule has 98 valence electrons. The van der Waals surface area contributed by atoms with E-state index in [0.29, 0.717) is 5.69 Å². The Morgan fingerprint density at radius 1 is 1.28 bits per heavy atom. The highest BCUT2D eigenvalue weighted by atomic mass is 32.3. The molecule has 1 amide bonds. The zero-order valence-corrected chi connectivity index (χ0v) is 11.0. The minimum absolute atomic E-state index is 0.111. The van der Waals surface area contributed by atoms with Gasteiger partial charge in [0.05, 0.1) is 0 Å². The van der Waals surface area contributed by atoms with Crippen LogP contribution < -0.4 is 4.90 Å². The molecule has 18 heavy (non-hydrogen) atoms. The summed E-state index contributed by atoms with van der Waals surface area (Å²) < 4.78 is 34.6. The Morgan fingerprint density at radius 3 is 2.44 bits per heavy atom. The lowest BCUT2D eigenvalue weighted by molar-refractivity contribution is -0.117. The van der Waals surface area contributed by atoms with Crippen LogP contribution in [0.3, 0.4) is 0 Å². The van der Waals surface area contributed by atoms with Gasteiger partial charge in [0.25, 0.3) is 0 Å². The van der Waals surface area contributed by atoms with E-state index in [9.17, 15) is 17.1 Å². The van der Waals surface area contributed by atoms with Crippen LogP contribution in [0.5, 0.6) is 0 Å². The highest BCUT2D eigenvalue weighted by Crippen LogP contribution is 2.27. The van der Waals surface area contributed by atoms with E-state index in [1.54, 1.807) is 12.1 Å². The van der Waals surface area contributed by atoms with Crippen molar-refractivity contribution in [3.8, 4) is 0 Å². The maximum absolute atomic E-state index is 12.9. The molecule has 0 bridgehead atoms. The van der Waals surface area contributed by atoms with Crippen molar-refractivity contribution in [2.45, 2.75) is 25.5 Å². The Morgan fingerprint density at radius 2 is 1.94 bits per heavy atom. The summed E-state index contributed by atoms with van der Waals surface area (Å²) >= 11 is 0. The van der Waals surface area contributed by atoms with Gasteiger partial charge < -0.3 is 4.90 Å². The van der Waals surface area contributed by atoms with E-state index in [1.807, 2.05) is 19.9 Å². The number of anilines is 1. The monoisotopic (exact) mass is 271 g/mol. The van der Waals surface area contributed by atoms with Crippen molar-refractivity contribution < 1.29 is 17.1 Å². The van der Waals surface area contributed by atoms with E-state index in [1.165, 1.54) is 4.90 Å². The van der Waals surface area contributed by atoms with Crippen LogP contribution in [-0.4, -0.2) is 26.1 Å². The number of carbonyl (C=O) groups excluding carboxylic acids is 1. The van der Waals surface area contributed by atoms with Crippen molar-refractivity contribution >= 4 is 21.8 Å². The highest BCUT2D eigenvalue weighted by Gasteiger charge is 2.39. The Hall–Kier alpha value is -1.43. The van der Waals surface area contributed by atoms with Gasteiger partial charge in [0.15, 0.2) is 0 Å². The number of hydrogen-bond donors (Lipinski definition) is 0. The fourth-order valence-electron chi connectivity index (χ4n) is 2.01. The molecule has 0 saturated carbocycles. The van der Waals surface area contributed by atoms with E-state index < -0.39 is 15.5 Å². The molecule has 1 heterocycles. The van der Waals surface area contributed by atoms with Gasteiger partial charge in [-0.15, -0.1) is 3.89 Å². The number of nitrogens with zero attached hydrogens (tertiary/aromatic N) is 1. The van der Waals surface area contributed by atoms with Crippen LogP contribution in [0.1, 0.15) is 17.5 Å². The molecular weight excluding hydrogens is 257 g/mol. The quantitative estimate of drug-likeness (QED) is 0.769. The molecule has 0 aliphatic carbocycles. The second kappa shape index (κ2) is 4.35. The summed E-state index contributed by atoms with van der Waals surface area (Å²) in [6.07, 6.45) is -0.286. The summed E-state index contributed by atoms with van der Waals surface area (Å²) in [6.45, 7) is 3.74. The van der Waals surface area contributed by atoms with Gasteiger partial charge in [0.1, 0.15) is 5.25 Å². The second-order valence-electron chi connectivity index (χ2n) is 4.57. The van der Waals surface area contributed by atoms with Gasteiger partial charge in [0, 0.05) is 18.7 Å². The van der Waals surface area contributed by atoms with Crippen molar-refractivity contribution in [1.82, 2.24) is 0 Å². The van der Waals surface area contributed by atoms with Gasteiger partial charge in [-0.25, -0.2) is 0 Å². The highest BCUT2D eigenvalue weighted by molar-refractivity contribution is 7.87. The van der Waals surface area contributed by atoms with Crippen LogP contribution in [0.25, 0.3) is 0 Å². The standard InChI is InChI=1S/C12H14FNO3S/c1-8-3-4-10(5-9(8)2)14-7-11(6-12(14)15)18(13,16)17/h3-5,11H,6-7H2,1-2H3. The summed E-state index contributed by atoms with van der Waals surface area (Å²) in [7, 11) is -4.66. The number of rotatable bonds is 2. The fraction of sp³-hybridized carbons (Fsp3) is 0.417. The van der Waals surface area contributed by atoms with E-state index in [2.05, 4.69) is 0 Å². The van der Waals surface area contributed by atoms with E-state index >= 15 is 0 Å². The summed E-state index contributed by atoms with van der Waals surface area (Å²) in [5.74, 6) is -0.357. The Kier molecular flexibility index (Phi) is 3.14. The molecule has 0 radical (unpaired) electrons. The van der Waals surface area contributed by atoms with Crippen molar-refractivity contribution in [3.63, 3.8) is 0 Å². The van der Waals surface area contributed by atoms with Crippen molar-refractivity contribution in [3.05, 3.63) is 29.3 Å². The predicted octanol–water partition coefficient (Wildman–Crippen LogP) is 1.71. The summed E-state index contributed by atoms with van der Waals surface area (Å²) in [5.41, 5.74) is 2.71. The smallest absolute Gasteiger partial charge is 0.307 e. The number of carbonyl (C=O) groups is 1. The third kappa shape index (κ3) is 2.38. The lowest BCUT2D eigenvalue weighted by Crippen LogP contribution is -2.26. The lowest BCUT2D eigenvalue weighted by atomic mass is 10.1. The van der Waals surface area contributed by atoms with E-state index in [-0.39, 0.29) is 18.9 Å². The number of aryl methyl sites for hydroxylation is 2. The summed E-state index contributed by atoms with van der Waals surface area (Å²) in [5, 5.41) is -1.24. The third-order valence-corrected chi connectivity index (χ3v) is 4.40. The Bertz CT molecular complexity index is 597. The molecule has 2 rings (SSSR count). The first-order valence-electron chi connectivity index (χ1n) is 5.60. The number of hydrogen-bond acceptors (Lipinski definition) is 3. The zero-order chi connectivity index (χ0) is 13.5. The zero-order valence-electron chi connectivity index (χ0n) is 10.2. The Labute approximate surface area is 106 Å². The van der Waals surface area contributed by atoms with E-state index in [0.717, 1.165) is 11.1 Å². The molecule has 1 saturated heterocycles. The molecule has 6 heteroatoms. The molecule has 1 fully saturated rings. The fourth-order valence-corrected chi connectivity index (χ4v) is 2.68. The summed E-state index contributed by atoms with van der Waals surface area (Å²) in [6, 6.07) is 5.41. The average Bonchev–Trinajstić information content (AvgIpc) is 2.64. The molecule has 1 aromatic carbocycles. The van der Waals surface area contributed by atoms with Crippen molar-refractivity contribution in [1.29, 1.82) is 0 Å². The van der Waals surface area contributed by atoms with Crippen LogP contribution in [0.15, 0.2) is 18.2 Å². The molecule has 1 unspecified atom stereocenters. The van der Waals surface area contributed by atoms with Crippen LogP contribution >= 0.6 is 0 Å². The third-order valence-electron chi connectivity index (χ3n) is 3.29. The molecule has 1 atom stereocenters. The average molecular weight is 271 g/mol. The van der Waals surface area contributed by atoms with Crippen molar-refractivity contribution in [2.75, 3.05) is 11.4 Å². The van der Waals surface area contributed by atoms with Gasteiger partial charge >= 0.3 is 10.2 Å². The van der Waals surface area contributed by atoms with Crippen LogP contribution in [0.4, 0.5) is 9.57 Å². The lowest BCUT2D eigenvalue weighted by Gasteiger charge is -2.17. The maximum atomic E-state index is 12.9. The normalized spacial score (nSPS) is 20.5. The van der Waals surface area contributed by atoms with Gasteiger partial charge in [-0.3, -0.25) is 4.79 Å². The topological polar surface area (TPSA) is 54.5 Å². The number of halogens is 1. The first-order valence-corrected chi connectivity index (χ1v) is 7.05. The minimum atomic E-state index is -4.66. The number of amides is 1. The van der Waals surface area contributed by atoms with E-state index in [4.69, 9.17) is 0 Å². The number of benzene rings is 1. The minimum Gasteiger partial charge on any atom is -0.311 e. The SMILES string of the molecule is Cc1ccc(N2CC(S(=O)(=O)F)CC2=O)cc1C. The first-order chi connectivity index (χ1) is 8.29. The summed E-state index contributed by atoms with van der Waals surface area (Å²) in [4.78, 5) is 13.1. The molecule has 0 N–H and O–H groups in total. The molecule has 0 aromatic heterocycles. The largest absolute Gasteiger partial charge is 0.311 e. The molecule has 4 nitrogen and oxygen atoms in total. The maximum Gasteiger partial charge on any atom is 0.307 e. The van der Waals surface area contributed by atoms with Gasteiger partial charge in [-0.1, -0.05) is 6.07 Å². The van der Waals surface area contributed by atoms with Gasteiger partial charge in [-0.05, 0) is 37.1 Å². The molecule has 1 aliphatic rings. The van der Waals surface area contributed by atoms with Crippen LogP contribution in [-0.2, 0) is 15.0 Å². The predicted molar refractivity (Wildman–Crippen MR) is 66.7 cm³/mol. The first kappa shape index (κ1) is 13.0. The molecule has 1 aromatic rings. The van der Waals surface area contributed by atoms with Crippen LogP contribution in [0, 0.1) is 13.8 Å². The molecule has 0 spiro atoms. The van der Waals surface area contributed by atoms with Gasteiger partial charge in [0.2, 0.25) is 5.91 Å². The second-order valence-corrected chi connectivity index (χ2v) is 6.19. The molecular formula is C12H14FNO3S. The van der Waals surface area contributed by atoms with Crippen LogP contribution in [0.2, 0.25) is 0 Å².